The zero-order valence-corrected chi connectivity index (χ0v) is 12.4. The highest BCUT2D eigenvalue weighted by atomic mass is 16.6. The molecule has 0 atom stereocenters. The molecule has 1 aromatic carbocycles. The largest absolute Gasteiger partial charge is 0.496 e. The predicted octanol–water partition coefficient (Wildman–Crippen LogP) is 2.86. The Labute approximate surface area is 118 Å². The normalized spacial score (nSPS) is 10.8. The first-order chi connectivity index (χ1) is 9.31. The Hall–Kier alpha value is -2.11. The number of methoxy groups -OCH3 is 1. The van der Waals surface area contributed by atoms with Gasteiger partial charge in [0.25, 0.3) is 11.6 Å². The Morgan fingerprint density at radius 2 is 1.80 bits per heavy atom. The van der Waals surface area contributed by atoms with E-state index in [1.807, 2.05) is 27.7 Å². The van der Waals surface area contributed by atoms with Gasteiger partial charge in [0.2, 0.25) is 0 Å². The summed E-state index contributed by atoms with van der Waals surface area (Å²) in [6, 6.07) is 4.25. The Morgan fingerprint density at radius 3 is 2.20 bits per heavy atom. The Morgan fingerprint density at radius 1 is 1.25 bits per heavy atom. The number of benzene rings is 1. The van der Waals surface area contributed by atoms with Gasteiger partial charge in [-0.2, -0.15) is 0 Å². The lowest BCUT2D eigenvalue weighted by Crippen LogP contribution is -2.42. The van der Waals surface area contributed by atoms with E-state index >= 15 is 0 Å². The van der Waals surface area contributed by atoms with Crippen LogP contribution in [0.25, 0.3) is 0 Å². The minimum absolute atomic E-state index is 0.00222. The minimum atomic E-state index is -0.561. The van der Waals surface area contributed by atoms with Crippen LogP contribution in [0.1, 0.15) is 38.1 Å². The van der Waals surface area contributed by atoms with E-state index in [1.165, 1.54) is 19.2 Å². The van der Waals surface area contributed by atoms with Crippen LogP contribution < -0.4 is 4.74 Å². The van der Waals surface area contributed by atoms with Crippen molar-refractivity contribution in [2.45, 2.75) is 39.8 Å². The molecular formula is C14H20N2O4. The number of carbonyl (C=O) groups is 1. The van der Waals surface area contributed by atoms with E-state index in [2.05, 4.69) is 0 Å². The first kappa shape index (κ1) is 15.9. The average Bonchev–Trinajstić information content (AvgIpc) is 2.36. The van der Waals surface area contributed by atoms with Crippen molar-refractivity contribution < 1.29 is 14.5 Å². The molecule has 1 amide bonds. The van der Waals surface area contributed by atoms with Gasteiger partial charge in [-0.3, -0.25) is 14.9 Å². The molecule has 0 saturated carbocycles. The van der Waals surface area contributed by atoms with Crippen LogP contribution in [0.15, 0.2) is 18.2 Å². The molecule has 0 heterocycles. The van der Waals surface area contributed by atoms with Crippen molar-refractivity contribution in [2.75, 3.05) is 7.11 Å². The topological polar surface area (TPSA) is 72.7 Å². The van der Waals surface area contributed by atoms with Crippen molar-refractivity contribution in [3.8, 4) is 5.75 Å². The fourth-order valence-electron chi connectivity index (χ4n) is 2.25. The van der Waals surface area contributed by atoms with E-state index in [9.17, 15) is 14.9 Å². The summed E-state index contributed by atoms with van der Waals surface area (Å²) in [5.74, 6) is -0.172. The third kappa shape index (κ3) is 3.07. The number of hydrogen-bond acceptors (Lipinski definition) is 4. The van der Waals surface area contributed by atoms with Crippen LogP contribution in [0.5, 0.6) is 5.75 Å². The molecule has 6 heteroatoms. The molecule has 20 heavy (non-hydrogen) atoms. The first-order valence-corrected chi connectivity index (χ1v) is 6.45. The summed E-state index contributed by atoms with van der Waals surface area (Å²) < 4.78 is 5.11. The van der Waals surface area contributed by atoms with Gasteiger partial charge in [-0.15, -0.1) is 0 Å². The van der Waals surface area contributed by atoms with Crippen molar-refractivity contribution in [2.24, 2.45) is 0 Å². The van der Waals surface area contributed by atoms with Crippen molar-refractivity contribution in [3.05, 3.63) is 33.9 Å². The van der Waals surface area contributed by atoms with Crippen molar-refractivity contribution in [1.29, 1.82) is 0 Å². The van der Waals surface area contributed by atoms with E-state index in [4.69, 9.17) is 4.74 Å². The van der Waals surface area contributed by atoms with Crippen LogP contribution in [0.3, 0.4) is 0 Å². The lowest BCUT2D eigenvalue weighted by atomic mass is 10.1. The maximum atomic E-state index is 12.7. The monoisotopic (exact) mass is 280 g/mol. The van der Waals surface area contributed by atoms with Gasteiger partial charge < -0.3 is 9.64 Å². The number of ether oxygens (including phenoxy) is 1. The van der Waals surface area contributed by atoms with Crippen LogP contribution in [-0.2, 0) is 0 Å². The number of nitro benzene ring substituents is 1. The molecule has 1 rings (SSSR count). The van der Waals surface area contributed by atoms with Gasteiger partial charge in [0, 0.05) is 18.2 Å². The van der Waals surface area contributed by atoms with Gasteiger partial charge in [0.05, 0.1) is 12.0 Å². The molecule has 0 aromatic heterocycles. The Kier molecular flexibility index (Phi) is 5.07. The van der Waals surface area contributed by atoms with Crippen molar-refractivity contribution in [1.82, 2.24) is 4.90 Å². The number of nitrogens with zero attached hydrogens (tertiary/aromatic N) is 2. The SMILES string of the molecule is COc1cccc([N+](=O)[O-])c1C(=O)N(C(C)C)C(C)C. The zero-order valence-electron chi connectivity index (χ0n) is 12.4. The smallest absolute Gasteiger partial charge is 0.285 e. The maximum Gasteiger partial charge on any atom is 0.285 e. The maximum absolute atomic E-state index is 12.7. The molecule has 0 aliphatic heterocycles. The van der Waals surface area contributed by atoms with Gasteiger partial charge in [-0.25, -0.2) is 0 Å². The first-order valence-electron chi connectivity index (χ1n) is 6.45. The second-order valence-electron chi connectivity index (χ2n) is 5.01. The second-order valence-corrected chi connectivity index (χ2v) is 5.01. The molecule has 0 N–H and O–H groups in total. The van der Waals surface area contributed by atoms with Gasteiger partial charge in [-0.05, 0) is 33.8 Å². The molecule has 0 aliphatic carbocycles. The van der Waals surface area contributed by atoms with Crippen LogP contribution in [0.2, 0.25) is 0 Å². The van der Waals surface area contributed by atoms with Gasteiger partial charge in [0.15, 0.2) is 5.56 Å². The minimum Gasteiger partial charge on any atom is -0.496 e. The lowest BCUT2D eigenvalue weighted by Gasteiger charge is -2.31. The van der Waals surface area contributed by atoms with Gasteiger partial charge in [0.1, 0.15) is 5.75 Å². The van der Waals surface area contributed by atoms with Crippen LogP contribution >= 0.6 is 0 Å². The quantitative estimate of drug-likeness (QED) is 0.614. The highest BCUT2D eigenvalue weighted by Gasteiger charge is 2.31. The zero-order chi connectivity index (χ0) is 15.4. The van der Waals surface area contributed by atoms with Crippen molar-refractivity contribution >= 4 is 11.6 Å². The van der Waals surface area contributed by atoms with E-state index in [0.717, 1.165) is 0 Å². The number of hydrogen-bond donors (Lipinski definition) is 0. The standard InChI is InChI=1S/C14H20N2O4/c1-9(2)15(10(3)4)14(17)13-11(16(18)19)7-6-8-12(13)20-5/h6-10H,1-5H3. The van der Waals surface area contributed by atoms with E-state index in [-0.39, 0.29) is 35.0 Å². The summed E-state index contributed by atoms with van der Waals surface area (Å²) in [6.45, 7) is 7.50. The summed E-state index contributed by atoms with van der Waals surface area (Å²) >= 11 is 0. The molecule has 1 aromatic rings. The molecule has 0 aliphatic rings. The molecule has 0 fully saturated rings. The summed E-state index contributed by atoms with van der Waals surface area (Å²) in [4.78, 5) is 24.9. The van der Waals surface area contributed by atoms with E-state index in [1.54, 1.807) is 11.0 Å². The Balaban J connectivity index is 3.43. The molecule has 0 saturated heterocycles. The van der Waals surface area contributed by atoms with E-state index < -0.39 is 4.92 Å². The molecule has 0 spiro atoms. The van der Waals surface area contributed by atoms with Crippen molar-refractivity contribution in [3.63, 3.8) is 0 Å². The summed E-state index contributed by atoms with van der Waals surface area (Å²) in [6.07, 6.45) is 0. The molecule has 0 bridgehead atoms. The molecule has 0 radical (unpaired) electrons. The third-order valence-corrected chi connectivity index (χ3v) is 2.98. The van der Waals surface area contributed by atoms with Gasteiger partial charge in [-0.1, -0.05) is 6.07 Å². The number of amides is 1. The fourth-order valence-corrected chi connectivity index (χ4v) is 2.25. The highest BCUT2D eigenvalue weighted by Crippen LogP contribution is 2.30. The highest BCUT2D eigenvalue weighted by molar-refractivity contribution is 6.01. The van der Waals surface area contributed by atoms with Gasteiger partial charge >= 0.3 is 0 Å². The predicted molar refractivity (Wildman–Crippen MR) is 76.1 cm³/mol. The number of rotatable bonds is 5. The molecule has 6 nitrogen and oxygen atoms in total. The number of carbonyl (C=O) groups excluding carboxylic acids is 1. The molecule has 110 valence electrons. The van der Waals surface area contributed by atoms with Crippen LogP contribution in [0, 0.1) is 10.1 Å². The summed E-state index contributed by atoms with van der Waals surface area (Å²) in [7, 11) is 1.39. The average molecular weight is 280 g/mol. The van der Waals surface area contributed by atoms with E-state index in [0.29, 0.717) is 0 Å². The van der Waals surface area contributed by atoms with Crippen LogP contribution in [0.4, 0.5) is 5.69 Å². The fraction of sp³-hybridized carbons (Fsp3) is 0.500. The molecular weight excluding hydrogens is 260 g/mol. The lowest BCUT2D eigenvalue weighted by molar-refractivity contribution is -0.385. The second kappa shape index (κ2) is 6.36. The number of nitro groups is 1. The third-order valence-electron chi connectivity index (χ3n) is 2.98. The summed E-state index contributed by atoms with van der Waals surface area (Å²) in [5.41, 5.74) is -0.233. The van der Waals surface area contributed by atoms with Crippen LogP contribution in [-0.4, -0.2) is 34.9 Å². The summed E-state index contributed by atoms with van der Waals surface area (Å²) in [5, 5.41) is 11.1. The molecule has 0 unspecified atom stereocenters. The Bertz CT molecular complexity index is 504.